The molecule has 3 atom stereocenters. The second kappa shape index (κ2) is 19.3. The molecule has 1 unspecified atom stereocenters. The van der Waals surface area contributed by atoms with Gasteiger partial charge in [0.15, 0.2) is 17.6 Å². The molecule has 2 N–H and O–H groups in total. The quantitative estimate of drug-likeness (QED) is 0.113. The second-order valence-corrected chi connectivity index (χ2v) is 19.5. The number of amides is 1. The van der Waals surface area contributed by atoms with Gasteiger partial charge in [0.2, 0.25) is 15.9 Å². The van der Waals surface area contributed by atoms with E-state index in [0.717, 1.165) is 52.5 Å². The topological polar surface area (TPSA) is 171 Å². The third kappa shape index (κ3) is 9.92. The summed E-state index contributed by atoms with van der Waals surface area (Å²) in [6.07, 6.45) is 1.44. The number of halogens is 2. The highest BCUT2D eigenvalue weighted by Crippen LogP contribution is 2.42. The summed E-state index contributed by atoms with van der Waals surface area (Å²) in [7, 11) is -4.40. The SMILES string of the molecule is Cc1nc(N2CCCC2)ccc1S(=O)(=O)N1Cc2cc3c(cc2C[C@H]1C(=O)NC(Cc1ccc(-c2ccc(C#N)cc2)cc1)C(=O)O)OC[C@H](c1ccc(OCc2ccc(Cl)c(Cl)c2)cc1)O3. The lowest BCUT2D eigenvalue weighted by molar-refractivity contribution is -0.142. The maximum atomic E-state index is 14.9. The molecule has 1 amide bonds. The first kappa shape index (κ1) is 45.5. The normalized spacial score (nSPS) is 17.3. The number of nitriles is 1. The van der Waals surface area contributed by atoms with Crippen molar-refractivity contribution in [3.8, 4) is 34.4 Å². The predicted molar refractivity (Wildman–Crippen MR) is 253 cm³/mol. The number of aliphatic carboxylic acids is 1. The molecule has 1 fully saturated rings. The molecule has 4 heterocycles. The maximum absolute atomic E-state index is 14.9. The molecule has 342 valence electrons. The second-order valence-electron chi connectivity index (χ2n) is 16.8. The molecule has 0 radical (unpaired) electrons. The van der Waals surface area contributed by atoms with Crippen molar-refractivity contribution in [2.45, 2.75) is 68.8 Å². The Kier molecular flexibility index (Phi) is 13.1. The number of fused-ring (bicyclic) bond motifs is 2. The molecule has 13 nitrogen and oxygen atoms in total. The molecule has 3 aliphatic heterocycles. The summed E-state index contributed by atoms with van der Waals surface area (Å²) in [5, 5.41) is 23.1. The molecule has 0 saturated carbocycles. The molecule has 0 spiro atoms. The molecular formula is C51H45Cl2N5O8S. The van der Waals surface area contributed by atoms with E-state index >= 15 is 0 Å². The Labute approximate surface area is 398 Å². The van der Waals surface area contributed by atoms with Gasteiger partial charge in [0.1, 0.15) is 41.8 Å². The fourth-order valence-electron chi connectivity index (χ4n) is 8.67. The van der Waals surface area contributed by atoms with Crippen LogP contribution < -0.4 is 24.4 Å². The van der Waals surface area contributed by atoms with Gasteiger partial charge in [0.25, 0.3) is 0 Å². The number of anilines is 1. The van der Waals surface area contributed by atoms with Crippen molar-refractivity contribution in [2.24, 2.45) is 0 Å². The number of sulfonamides is 1. The van der Waals surface area contributed by atoms with Gasteiger partial charge >= 0.3 is 5.97 Å². The zero-order chi connectivity index (χ0) is 46.8. The standard InChI is InChI=1S/C51H45Cl2N5O8S/c1-31-48(18-19-49(55-31)57-20-2-3-21-57)67(62,63)58-28-39-26-46-45(65-30-47(66-46)37-13-15-40(16-14-37)64-29-34-8-17-41(52)42(53)22-34)25-38(39)24-44(58)50(59)56-43(51(60)61)23-32-4-9-35(10-5-32)36-11-6-33(27-54)7-12-36/h4-19,22,25-26,43-44,47H,2-3,20-21,23-24,28-30H2,1H3,(H,56,59)(H,60,61)/t43?,44-,47+/m0/s1. The number of rotatable bonds is 13. The van der Waals surface area contributed by atoms with Crippen LogP contribution in [-0.4, -0.2) is 66.5 Å². The van der Waals surface area contributed by atoms with Gasteiger partial charge in [-0.2, -0.15) is 9.57 Å². The number of carboxylic acids is 1. The Bertz CT molecular complexity index is 3000. The van der Waals surface area contributed by atoms with E-state index in [-0.39, 0.29) is 36.6 Å². The van der Waals surface area contributed by atoms with E-state index in [1.807, 2.05) is 54.6 Å². The Morgan fingerprint density at radius 2 is 1.57 bits per heavy atom. The van der Waals surface area contributed by atoms with E-state index in [1.165, 1.54) is 6.07 Å². The van der Waals surface area contributed by atoms with Crippen molar-refractivity contribution in [2.75, 3.05) is 24.6 Å². The van der Waals surface area contributed by atoms with Gasteiger partial charge in [-0.05, 0) is 126 Å². The molecule has 16 heteroatoms. The van der Waals surface area contributed by atoms with Crippen LogP contribution in [0.25, 0.3) is 11.1 Å². The van der Waals surface area contributed by atoms with Crippen molar-refractivity contribution in [1.29, 1.82) is 5.26 Å². The summed E-state index contributed by atoms with van der Waals surface area (Å²) in [4.78, 5) is 33.9. The highest BCUT2D eigenvalue weighted by atomic mass is 35.5. The number of carbonyl (C=O) groups is 2. The Balaban J connectivity index is 0.957. The zero-order valence-corrected chi connectivity index (χ0v) is 38.7. The first-order chi connectivity index (χ1) is 32.3. The van der Waals surface area contributed by atoms with Gasteiger partial charge in [0, 0.05) is 26.1 Å². The summed E-state index contributed by atoms with van der Waals surface area (Å²) in [5.74, 6) is 0.158. The Morgan fingerprint density at radius 3 is 2.24 bits per heavy atom. The number of carboxylic acid groups (broad SMARTS) is 1. The van der Waals surface area contributed by atoms with E-state index < -0.39 is 40.1 Å². The van der Waals surface area contributed by atoms with Gasteiger partial charge in [-0.15, -0.1) is 0 Å². The van der Waals surface area contributed by atoms with Crippen LogP contribution >= 0.6 is 23.2 Å². The lowest BCUT2D eigenvalue weighted by atomic mass is 9.93. The number of ether oxygens (including phenoxy) is 3. The lowest BCUT2D eigenvalue weighted by Crippen LogP contribution is -2.55. The number of aromatic nitrogens is 1. The van der Waals surface area contributed by atoms with Crippen molar-refractivity contribution < 1.29 is 37.3 Å². The molecule has 0 bridgehead atoms. The molecule has 3 aliphatic rings. The van der Waals surface area contributed by atoms with Crippen molar-refractivity contribution >= 4 is 50.9 Å². The third-order valence-electron chi connectivity index (χ3n) is 12.4. The molecule has 67 heavy (non-hydrogen) atoms. The van der Waals surface area contributed by atoms with E-state index in [2.05, 4.69) is 21.3 Å². The largest absolute Gasteiger partial charge is 0.489 e. The zero-order valence-electron chi connectivity index (χ0n) is 36.3. The molecule has 9 rings (SSSR count). The van der Waals surface area contributed by atoms with Crippen LogP contribution in [0.1, 0.15) is 58.0 Å². The van der Waals surface area contributed by atoms with Gasteiger partial charge in [-0.3, -0.25) is 4.79 Å². The van der Waals surface area contributed by atoms with E-state index in [1.54, 1.807) is 61.5 Å². The molecule has 6 aromatic rings. The molecule has 0 aliphatic carbocycles. The van der Waals surface area contributed by atoms with Gasteiger partial charge in [-0.1, -0.05) is 77.8 Å². The van der Waals surface area contributed by atoms with Gasteiger partial charge in [0.05, 0.1) is 27.4 Å². The molecule has 5 aromatic carbocycles. The monoisotopic (exact) mass is 957 g/mol. The number of hydrogen-bond donors (Lipinski definition) is 2. The van der Waals surface area contributed by atoms with Crippen LogP contribution in [0.15, 0.2) is 120 Å². The Morgan fingerprint density at radius 1 is 0.881 bits per heavy atom. The van der Waals surface area contributed by atoms with Crippen molar-refractivity contribution in [3.63, 3.8) is 0 Å². The number of benzene rings is 5. The molecule has 1 aromatic heterocycles. The Hall–Kier alpha value is -6.63. The summed E-state index contributed by atoms with van der Waals surface area (Å²) >= 11 is 12.2. The minimum Gasteiger partial charge on any atom is -0.489 e. The summed E-state index contributed by atoms with van der Waals surface area (Å²) in [6, 6.07) is 33.3. The van der Waals surface area contributed by atoms with Gasteiger partial charge < -0.3 is 29.5 Å². The van der Waals surface area contributed by atoms with Crippen LogP contribution in [0.4, 0.5) is 5.82 Å². The fraction of sp³-hybridized carbons (Fsp3) is 0.255. The maximum Gasteiger partial charge on any atom is 0.326 e. The average Bonchev–Trinajstić information content (AvgIpc) is 3.89. The van der Waals surface area contributed by atoms with Gasteiger partial charge in [-0.25, -0.2) is 18.2 Å². The third-order valence-corrected chi connectivity index (χ3v) is 15.1. The van der Waals surface area contributed by atoms with Crippen LogP contribution in [0.3, 0.4) is 0 Å². The first-order valence-electron chi connectivity index (χ1n) is 21.8. The number of aryl methyl sites for hydroxylation is 1. The molecular weight excluding hydrogens is 914 g/mol. The van der Waals surface area contributed by atoms with Crippen molar-refractivity contribution in [1.82, 2.24) is 14.6 Å². The highest BCUT2D eigenvalue weighted by Gasteiger charge is 2.42. The fourth-order valence-corrected chi connectivity index (χ4v) is 10.7. The van der Waals surface area contributed by atoms with Crippen LogP contribution in [0.2, 0.25) is 10.0 Å². The number of carbonyl (C=O) groups excluding carboxylic acids is 1. The van der Waals surface area contributed by atoms with Crippen LogP contribution in [0, 0.1) is 18.3 Å². The van der Waals surface area contributed by atoms with Crippen LogP contribution in [0.5, 0.6) is 17.2 Å². The van der Waals surface area contributed by atoms with Crippen LogP contribution in [-0.2, 0) is 45.6 Å². The minimum absolute atomic E-state index is 0.0455. The summed E-state index contributed by atoms with van der Waals surface area (Å²) < 4.78 is 49.5. The average molecular weight is 959 g/mol. The van der Waals surface area contributed by atoms with E-state index in [0.29, 0.717) is 62.0 Å². The van der Waals surface area contributed by atoms with E-state index in [9.17, 15) is 23.1 Å². The summed E-state index contributed by atoms with van der Waals surface area (Å²) in [5.41, 5.74) is 6.21. The highest BCUT2D eigenvalue weighted by molar-refractivity contribution is 7.89. The van der Waals surface area contributed by atoms with Crippen molar-refractivity contribution in [3.05, 3.63) is 164 Å². The predicted octanol–water partition coefficient (Wildman–Crippen LogP) is 8.85. The number of hydrogen-bond acceptors (Lipinski definition) is 10. The number of pyridine rings is 1. The smallest absolute Gasteiger partial charge is 0.326 e. The minimum atomic E-state index is -4.40. The lowest BCUT2D eigenvalue weighted by Gasteiger charge is -2.37. The molecule has 1 saturated heterocycles. The first-order valence-corrected chi connectivity index (χ1v) is 24.0. The summed E-state index contributed by atoms with van der Waals surface area (Å²) in [6.45, 7) is 3.58. The van der Waals surface area contributed by atoms with E-state index in [4.69, 9.17) is 42.7 Å². The number of nitrogens with zero attached hydrogens (tertiary/aromatic N) is 4. The number of nitrogens with one attached hydrogen (secondary N) is 1.